The number of amides is 1. The van der Waals surface area contributed by atoms with Crippen LogP contribution in [0, 0.1) is 0 Å². The summed E-state index contributed by atoms with van der Waals surface area (Å²) in [6.07, 6.45) is 0.999. The highest BCUT2D eigenvalue weighted by Gasteiger charge is 2.22. The molecule has 1 amide bonds. The van der Waals surface area contributed by atoms with Gasteiger partial charge in [0.2, 0.25) is 11.1 Å². The van der Waals surface area contributed by atoms with Crippen LogP contribution in [0.1, 0.15) is 25.0 Å². The molecule has 1 aliphatic heterocycles. The van der Waals surface area contributed by atoms with Gasteiger partial charge in [0.25, 0.3) is 0 Å². The van der Waals surface area contributed by atoms with Crippen LogP contribution in [0.3, 0.4) is 0 Å². The van der Waals surface area contributed by atoms with E-state index in [0.29, 0.717) is 24.0 Å². The van der Waals surface area contributed by atoms with Gasteiger partial charge in [0.15, 0.2) is 0 Å². The molecule has 162 valence electrons. The molecule has 0 spiro atoms. The van der Waals surface area contributed by atoms with Gasteiger partial charge in [-0.05, 0) is 60.7 Å². The lowest BCUT2D eigenvalue weighted by atomic mass is 10.1. The van der Waals surface area contributed by atoms with Crippen LogP contribution in [-0.4, -0.2) is 49.7 Å². The Hall–Kier alpha value is -3.27. The van der Waals surface area contributed by atoms with Crippen molar-refractivity contribution in [2.24, 2.45) is 0 Å². The Bertz CT molecular complexity index is 1070. The van der Waals surface area contributed by atoms with Crippen LogP contribution in [-0.2, 0) is 17.8 Å². The fraction of sp³-hybridized carbons (Fsp3) is 0.333. The molecule has 2 aromatic carbocycles. The molecule has 3 aromatic rings. The Morgan fingerprint density at radius 3 is 2.94 bits per heavy atom. The van der Waals surface area contributed by atoms with Crippen LogP contribution in [0.25, 0.3) is 5.69 Å². The van der Waals surface area contributed by atoms with Crippen LogP contribution < -0.4 is 14.8 Å². The van der Waals surface area contributed by atoms with Gasteiger partial charge < -0.3 is 19.9 Å². The zero-order chi connectivity index (χ0) is 21.8. The fourth-order valence-corrected chi connectivity index (χ4v) is 4.03. The Labute approximate surface area is 183 Å². The number of tetrazole rings is 1. The Morgan fingerprint density at radius 2 is 2.16 bits per heavy atom. The average molecular weight is 442 g/mol. The van der Waals surface area contributed by atoms with E-state index < -0.39 is 0 Å². The number of aromatic hydroxyl groups is 1. The van der Waals surface area contributed by atoms with Crippen molar-refractivity contribution in [1.29, 1.82) is 0 Å². The van der Waals surface area contributed by atoms with Gasteiger partial charge in [0.1, 0.15) is 23.4 Å². The first kappa shape index (κ1) is 21.0. The monoisotopic (exact) mass is 441 g/mol. The van der Waals surface area contributed by atoms with Gasteiger partial charge in [-0.25, -0.2) is 0 Å². The van der Waals surface area contributed by atoms with Crippen molar-refractivity contribution in [3.63, 3.8) is 0 Å². The van der Waals surface area contributed by atoms with Crippen molar-refractivity contribution >= 4 is 17.7 Å². The van der Waals surface area contributed by atoms with Crippen LogP contribution in [0.2, 0.25) is 0 Å². The van der Waals surface area contributed by atoms with Crippen LogP contribution in [0.15, 0.2) is 41.6 Å². The van der Waals surface area contributed by atoms with E-state index in [1.54, 1.807) is 24.3 Å². The molecule has 2 N–H and O–H groups in total. The first-order valence-electron chi connectivity index (χ1n) is 9.96. The number of benzene rings is 2. The molecule has 0 unspecified atom stereocenters. The molecule has 4 rings (SSSR count). The number of aromatic nitrogens is 4. The normalized spacial score (nSPS) is 14.7. The number of carbonyl (C=O) groups excluding carboxylic acids is 1. The van der Waals surface area contributed by atoms with E-state index in [4.69, 9.17) is 9.47 Å². The Kier molecular flexibility index (Phi) is 6.26. The van der Waals surface area contributed by atoms with Crippen LogP contribution in [0.5, 0.6) is 17.2 Å². The Morgan fingerprint density at radius 1 is 1.35 bits per heavy atom. The molecule has 0 fully saturated rings. The molecule has 0 saturated carbocycles. The Balaban J connectivity index is 1.37. The van der Waals surface area contributed by atoms with Crippen LogP contribution >= 0.6 is 11.8 Å². The number of thioether (sulfide) groups is 1. The summed E-state index contributed by atoms with van der Waals surface area (Å²) < 4.78 is 13.1. The minimum absolute atomic E-state index is 0.144. The number of phenols is 1. The third kappa shape index (κ3) is 4.91. The lowest BCUT2D eigenvalue weighted by Crippen LogP contribution is -2.25. The maximum Gasteiger partial charge on any atom is 0.230 e. The van der Waals surface area contributed by atoms with Crippen molar-refractivity contribution in [3.05, 3.63) is 47.5 Å². The smallest absolute Gasteiger partial charge is 0.230 e. The first-order valence-corrected chi connectivity index (χ1v) is 10.9. The molecular weight excluding hydrogens is 418 g/mol. The molecule has 2 heterocycles. The fourth-order valence-electron chi connectivity index (χ4n) is 3.31. The van der Waals surface area contributed by atoms with E-state index in [9.17, 15) is 9.90 Å². The van der Waals surface area contributed by atoms with Gasteiger partial charge in [-0.3, -0.25) is 4.79 Å². The average Bonchev–Trinajstić information content (AvgIpc) is 3.36. The summed E-state index contributed by atoms with van der Waals surface area (Å²) in [5, 5.41) is 24.4. The third-order valence-corrected chi connectivity index (χ3v) is 5.64. The molecule has 0 bridgehead atoms. The van der Waals surface area contributed by atoms with E-state index in [0.717, 1.165) is 29.0 Å². The number of hydrogen-bond acceptors (Lipinski definition) is 8. The van der Waals surface area contributed by atoms with Crippen molar-refractivity contribution in [2.75, 3.05) is 12.4 Å². The number of nitrogens with zero attached hydrogens (tertiary/aromatic N) is 4. The van der Waals surface area contributed by atoms with Crippen molar-refractivity contribution < 1.29 is 19.4 Å². The molecule has 9 nitrogen and oxygen atoms in total. The number of nitrogens with one attached hydrogen (secondary N) is 1. The maximum atomic E-state index is 12.4. The number of carbonyl (C=O) groups is 1. The SMILES string of the molecule is CCOc1cc2c(cc1CNC(=O)CSc1nnnn1-c1ccc(O)cc1)O[C@H](C)C2. The highest BCUT2D eigenvalue weighted by Crippen LogP contribution is 2.35. The maximum absolute atomic E-state index is 12.4. The molecule has 31 heavy (non-hydrogen) atoms. The van der Waals surface area contributed by atoms with E-state index in [2.05, 4.69) is 20.8 Å². The summed E-state index contributed by atoms with van der Waals surface area (Å²) >= 11 is 1.23. The molecule has 0 radical (unpaired) electrons. The highest BCUT2D eigenvalue weighted by atomic mass is 32.2. The molecule has 1 atom stereocenters. The topological polar surface area (TPSA) is 111 Å². The van der Waals surface area contributed by atoms with Gasteiger partial charge in [0.05, 0.1) is 18.0 Å². The lowest BCUT2D eigenvalue weighted by Gasteiger charge is -2.13. The minimum Gasteiger partial charge on any atom is -0.508 e. The summed E-state index contributed by atoms with van der Waals surface area (Å²) in [7, 11) is 0. The zero-order valence-electron chi connectivity index (χ0n) is 17.2. The number of rotatable bonds is 8. The summed E-state index contributed by atoms with van der Waals surface area (Å²) in [5.74, 6) is 1.78. The number of hydrogen-bond donors (Lipinski definition) is 2. The van der Waals surface area contributed by atoms with Gasteiger partial charge in [-0.2, -0.15) is 4.68 Å². The van der Waals surface area contributed by atoms with E-state index in [1.807, 2.05) is 26.0 Å². The predicted octanol–water partition coefficient (Wildman–Crippen LogP) is 2.50. The predicted molar refractivity (Wildman–Crippen MR) is 115 cm³/mol. The van der Waals surface area contributed by atoms with Crippen molar-refractivity contribution in [3.8, 4) is 22.9 Å². The second kappa shape index (κ2) is 9.25. The van der Waals surface area contributed by atoms with Crippen molar-refractivity contribution in [1.82, 2.24) is 25.5 Å². The quantitative estimate of drug-likeness (QED) is 0.513. The second-order valence-corrected chi connectivity index (χ2v) is 8.03. The largest absolute Gasteiger partial charge is 0.508 e. The molecule has 0 aliphatic carbocycles. The summed E-state index contributed by atoms with van der Waals surface area (Å²) in [5.41, 5.74) is 2.70. The molecule has 0 saturated heterocycles. The number of ether oxygens (including phenoxy) is 2. The number of phenolic OH excluding ortho intramolecular Hbond substituents is 1. The van der Waals surface area contributed by atoms with E-state index in [-0.39, 0.29) is 23.5 Å². The standard InChI is InChI=1S/C21H23N5O4S/c1-3-29-18-9-14-8-13(2)30-19(14)10-15(18)11-22-20(28)12-31-21-23-24-25-26(21)16-4-6-17(27)7-5-16/h4-7,9-10,13,27H,3,8,11-12H2,1-2H3,(H,22,28)/t13-/m1/s1. The van der Waals surface area contributed by atoms with Crippen LogP contribution in [0.4, 0.5) is 0 Å². The lowest BCUT2D eigenvalue weighted by molar-refractivity contribution is -0.118. The summed E-state index contributed by atoms with van der Waals surface area (Å²) in [4.78, 5) is 12.4. The van der Waals surface area contributed by atoms with Crippen molar-refractivity contribution in [2.45, 2.75) is 38.1 Å². The zero-order valence-corrected chi connectivity index (χ0v) is 18.1. The van der Waals surface area contributed by atoms with Gasteiger partial charge in [0, 0.05) is 24.1 Å². The van der Waals surface area contributed by atoms with E-state index >= 15 is 0 Å². The summed E-state index contributed by atoms with van der Waals surface area (Å²) in [6, 6.07) is 10.4. The van der Waals surface area contributed by atoms with Gasteiger partial charge >= 0.3 is 0 Å². The van der Waals surface area contributed by atoms with Gasteiger partial charge in [-0.15, -0.1) is 5.10 Å². The molecule has 10 heteroatoms. The highest BCUT2D eigenvalue weighted by molar-refractivity contribution is 7.99. The number of fused-ring (bicyclic) bond motifs is 1. The summed E-state index contributed by atoms with van der Waals surface area (Å²) in [6.45, 7) is 4.85. The second-order valence-electron chi connectivity index (χ2n) is 7.09. The molecular formula is C21H23N5O4S. The minimum atomic E-state index is -0.150. The van der Waals surface area contributed by atoms with Gasteiger partial charge in [-0.1, -0.05) is 11.8 Å². The molecule has 1 aliphatic rings. The first-order chi connectivity index (χ1) is 15.0. The third-order valence-electron chi connectivity index (χ3n) is 4.72. The van der Waals surface area contributed by atoms with E-state index in [1.165, 1.54) is 16.4 Å². The molecule has 1 aromatic heterocycles.